The first kappa shape index (κ1) is 13.4. The van der Waals surface area contributed by atoms with Crippen LogP contribution in [0.4, 0.5) is 0 Å². The van der Waals surface area contributed by atoms with Crippen LogP contribution in [-0.2, 0) is 6.54 Å². The van der Waals surface area contributed by atoms with E-state index in [2.05, 4.69) is 10.3 Å². The van der Waals surface area contributed by atoms with Crippen molar-refractivity contribution in [2.45, 2.75) is 13.5 Å². The molecule has 0 spiro atoms. The highest BCUT2D eigenvalue weighted by molar-refractivity contribution is 5.68. The van der Waals surface area contributed by atoms with E-state index >= 15 is 0 Å². The van der Waals surface area contributed by atoms with Crippen molar-refractivity contribution in [3.05, 3.63) is 51.8 Å². The molecule has 0 atom stereocenters. The van der Waals surface area contributed by atoms with Crippen LogP contribution in [0, 0.1) is 6.92 Å². The van der Waals surface area contributed by atoms with Gasteiger partial charge >= 0.3 is 0 Å². The normalized spacial score (nSPS) is 10.5. The fourth-order valence-corrected chi connectivity index (χ4v) is 2.02. The number of benzene rings is 1. The highest BCUT2D eigenvalue weighted by atomic mass is 16.5. The van der Waals surface area contributed by atoms with Crippen molar-refractivity contribution in [3.63, 3.8) is 0 Å². The van der Waals surface area contributed by atoms with Gasteiger partial charge in [0.15, 0.2) is 0 Å². The molecule has 1 heterocycles. The van der Waals surface area contributed by atoms with Gasteiger partial charge in [-0.2, -0.15) is 0 Å². The zero-order chi connectivity index (χ0) is 13.8. The van der Waals surface area contributed by atoms with Gasteiger partial charge in [-0.05, 0) is 32.2 Å². The number of ether oxygens (including phenoxy) is 1. The van der Waals surface area contributed by atoms with Crippen LogP contribution in [0.2, 0.25) is 0 Å². The van der Waals surface area contributed by atoms with E-state index in [9.17, 15) is 4.79 Å². The second-order valence-electron chi connectivity index (χ2n) is 4.46. The number of H-pyrrole nitrogens is 1. The van der Waals surface area contributed by atoms with Crippen molar-refractivity contribution in [2.24, 2.45) is 0 Å². The maximum Gasteiger partial charge on any atom is 0.252 e. The third-order valence-electron chi connectivity index (χ3n) is 3.00. The lowest BCUT2D eigenvalue weighted by Gasteiger charge is -2.10. The molecule has 0 unspecified atom stereocenters. The minimum atomic E-state index is -0.0737. The van der Waals surface area contributed by atoms with E-state index in [1.807, 2.05) is 44.3 Å². The smallest absolute Gasteiger partial charge is 0.252 e. The Bertz CT molecular complexity index is 632. The third kappa shape index (κ3) is 2.85. The van der Waals surface area contributed by atoms with Gasteiger partial charge < -0.3 is 15.0 Å². The average molecular weight is 258 g/mol. The largest absolute Gasteiger partial charge is 0.496 e. The lowest BCUT2D eigenvalue weighted by atomic mass is 10.1. The van der Waals surface area contributed by atoms with Gasteiger partial charge in [0.2, 0.25) is 0 Å². The summed E-state index contributed by atoms with van der Waals surface area (Å²) in [4.78, 5) is 14.9. The maximum atomic E-state index is 12.0. The van der Waals surface area contributed by atoms with Crippen LogP contribution in [0.5, 0.6) is 5.75 Å². The molecular formula is C15H18N2O2. The summed E-state index contributed by atoms with van der Waals surface area (Å²) in [7, 11) is 3.44. The SMILES string of the molecule is CNCc1ccc(-c2cc(C)ccc2OC)[nH]c1=O. The molecule has 0 radical (unpaired) electrons. The molecule has 100 valence electrons. The summed E-state index contributed by atoms with van der Waals surface area (Å²) in [6, 6.07) is 9.64. The van der Waals surface area contributed by atoms with E-state index in [4.69, 9.17) is 4.74 Å². The quantitative estimate of drug-likeness (QED) is 0.882. The van der Waals surface area contributed by atoms with E-state index < -0.39 is 0 Å². The first-order chi connectivity index (χ1) is 9.15. The number of aromatic nitrogens is 1. The second kappa shape index (κ2) is 5.71. The molecule has 0 bridgehead atoms. The van der Waals surface area contributed by atoms with Gasteiger partial charge in [0.05, 0.1) is 12.8 Å². The molecule has 0 aliphatic carbocycles. The minimum absolute atomic E-state index is 0.0737. The van der Waals surface area contributed by atoms with Crippen LogP contribution >= 0.6 is 0 Å². The van der Waals surface area contributed by atoms with Gasteiger partial charge in [-0.1, -0.05) is 17.7 Å². The second-order valence-corrected chi connectivity index (χ2v) is 4.46. The predicted molar refractivity (Wildman–Crippen MR) is 76.6 cm³/mol. The fourth-order valence-electron chi connectivity index (χ4n) is 2.02. The zero-order valence-corrected chi connectivity index (χ0v) is 11.4. The Morgan fingerprint density at radius 3 is 2.68 bits per heavy atom. The summed E-state index contributed by atoms with van der Waals surface area (Å²) in [5.74, 6) is 0.752. The molecule has 19 heavy (non-hydrogen) atoms. The van der Waals surface area contributed by atoms with Crippen molar-refractivity contribution in [1.82, 2.24) is 10.3 Å². The number of aryl methyl sites for hydroxylation is 1. The average Bonchev–Trinajstić information content (AvgIpc) is 2.41. The van der Waals surface area contributed by atoms with Crippen molar-refractivity contribution < 1.29 is 4.74 Å². The van der Waals surface area contributed by atoms with Crippen molar-refractivity contribution in [1.29, 1.82) is 0 Å². The van der Waals surface area contributed by atoms with Crippen LogP contribution < -0.4 is 15.6 Å². The highest BCUT2D eigenvalue weighted by Gasteiger charge is 2.08. The summed E-state index contributed by atoms with van der Waals surface area (Å²) in [5.41, 5.74) is 3.44. The van der Waals surface area contributed by atoms with Gasteiger partial charge in [0.25, 0.3) is 5.56 Å². The molecule has 2 aromatic rings. The molecule has 1 aromatic carbocycles. The van der Waals surface area contributed by atoms with Gasteiger partial charge in [0, 0.05) is 17.7 Å². The molecule has 1 aromatic heterocycles. The first-order valence-electron chi connectivity index (χ1n) is 6.17. The number of methoxy groups -OCH3 is 1. The Morgan fingerprint density at radius 2 is 2.05 bits per heavy atom. The lowest BCUT2D eigenvalue weighted by Crippen LogP contribution is -2.18. The predicted octanol–water partition coefficient (Wildman–Crippen LogP) is 2.08. The van der Waals surface area contributed by atoms with E-state index in [1.54, 1.807) is 7.11 Å². The molecule has 2 N–H and O–H groups in total. The lowest BCUT2D eigenvalue weighted by molar-refractivity contribution is 0.416. The Kier molecular flexibility index (Phi) is 4.02. The van der Waals surface area contributed by atoms with Crippen LogP contribution in [-0.4, -0.2) is 19.1 Å². The number of aromatic amines is 1. The van der Waals surface area contributed by atoms with Crippen LogP contribution in [0.1, 0.15) is 11.1 Å². The minimum Gasteiger partial charge on any atom is -0.496 e. The van der Waals surface area contributed by atoms with Gasteiger partial charge in [-0.25, -0.2) is 0 Å². The van der Waals surface area contributed by atoms with Crippen LogP contribution in [0.25, 0.3) is 11.3 Å². The van der Waals surface area contributed by atoms with E-state index in [-0.39, 0.29) is 5.56 Å². The molecule has 2 rings (SSSR count). The van der Waals surface area contributed by atoms with Crippen molar-refractivity contribution >= 4 is 0 Å². The Morgan fingerprint density at radius 1 is 1.26 bits per heavy atom. The zero-order valence-electron chi connectivity index (χ0n) is 11.4. The third-order valence-corrected chi connectivity index (χ3v) is 3.00. The summed E-state index contributed by atoms with van der Waals surface area (Å²) >= 11 is 0. The first-order valence-corrected chi connectivity index (χ1v) is 6.17. The number of nitrogens with one attached hydrogen (secondary N) is 2. The highest BCUT2D eigenvalue weighted by Crippen LogP contribution is 2.28. The fraction of sp³-hybridized carbons (Fsp3) is 0.267. The molecule has 0 amide bonds. The topological polar surface area (TPSA) is 54.1 Å². The molecule has 4 heteroatoms. The maximum absolute atomic E-state index is 12.0. The molecule has 0 fully saturated rings. The molecule has 0 saturated heterocycles. The Hall–Kier alpha value is -2.07. The van der Waals surface area contributed by atoms with Crippen molar-refractivity contribution in [3.8, 4) is 17.0 Å². The number of pyridine rings is 1. The summed E-state index contributed by atoms with van der Waals surface area (Å²) in [6.45, 7) is 2.57. The summed E-state index contributed by atoms with van der Waals surface area (Å²) in [5, 5.41) is 2.97. The molecule has 0 aliphatic heterocycles. The van der Waals surface area contributed by atoms with Crippen LogP contribution in [0.3, 0.4) is 0 Å². The molecular weight excluding hydrogens is 240 g/mol. The summed E-state index contributed by atoms with van der Waals surface area (Å²) < 4.78 is 5.34. The molecule has 4 nitrogen and oxygen atoms in total. The van der Waals surface area contributed by atoms with Gasteiger partial charge in [-0.15, -0.1) is 0 Å². The Labute approximate surface area is 112 Å². The van der Waals surface area contributed by atoms with Crippen LogP contribution in [0.15, 0.2) is 35.1 Å². The van der Waals surface area contributed by atoms with Gasteiger partial charge in [0.1, 0.15) is 5.75 Å². The van der Waals surface area contributed by atoms with Gasteiger partial charge in [-0.3, -0.25) is 4.79 Å². The van der Waals surface area contributed by atoms with E-state index in [1.165, 1.54) is 0 Å². The monoisotopic (exact) mass is 258 g/mol. The number of hydrogen-bond acceptors (Lipinski definition) is 3. The van der Waals surface area contributed by atoms with Crippen molar-refractivity contribution in [2.75, 3.05) is 14.2 Å². The van der Waals surface area contributed by atoms with E-state index in [0.29, 0.717) is 6.54 Å². The standard InChI is InChI=1S/C15H18N2O2/c1-10-4-7-14(19-3)12(8-10)13-6-5-11(9-16-2)15(18)17-13/h4-8,16H,9H2,1-3H3,(H,17,18). The number of hydrogen-bond donors (Lipinski definition) is 2. The number of rotatable bonds is 4. The van der Waals surface area contributed by atoms with E-state index in [0.717, 1.165) is 28.1 Å². The Balaban J connectivity index is 2.50. The molecule has 0 aliphatic rings. The molecule has 0 saturated carbocycles. The summed E-state index contributed by atoms with van der Waals surface area (Å²) in [6.07, 6.45) is 0.